The molecule has 0 radical (unpaired) electrons. The minimum Gasteiger partial charge on any atom is -0.347 e. The molecule has 3 aromatic rings. The van der Waals surface area contributed by atoms with Crippen molar-refractivity contribution in [2.45, 2.75) is 26.8 Å². The smallest absolute Gasteiger partial charge is 0.227 e. The Morgan fingerprint density at radius 2 is 2.14 bits per heavy atom. The highest BCUT2D eigenvalue weighted by molar-refractivity contribution is 7.15. The van der Waals surface area contributed by atoms with E-state index in [2.05, 4.69) is 51.3 Å². The Morgan fingerprint density at radius 1 is 1.29 bits per heavy atom. The van der Waals surface area contributed by atoms with Crippen molar-refractivity contribution in [1.29, 1.82) is 0 Å². The highest BCUT2D eigenvalue weighted by atomic mass is 32.1. The lowest BCUT2D eigenvalue weighted by Gasteiger charge is -2.05. The fourth-order valence-corrected chi connectivity index (χ4v) is 2.87. The molecule has 5 nitrogen and oxygen atoms in total. The van der Waals surface area contributed by atoms with Crippen LogP contribution in [-0.4, -0.2) is 20.7 Å². The molecule has 2 aromatic heterocycles. The van der Waals surface area contributed by atoms with Crippen LogP contribution in [0.5, 0.6) is 0 Å². The Bertz CT molecular complexity index is 790. The summed E-state index contributed by atoms with van der Waals surface area (Å²) in [4.78, 5) is 11.9. The van der Waals surface area contributed by atoms with Gasteiger partial charge in [-0.1, -0.05) is 23.0 Å². The SMILES string of the molecule is Cc1ccc2c(ccn2CCC(=O)Nc2nnc(C)s2)c1. The summed E-state index contributed by atoms with van der Waals surface area (Å²) in [5, 5.41) is 13.2. The summed E-state index contributed by atoms with van der Waals surface area (Å²) in [7, 11) is 0. The van der Waals surface area contributed by atoms with Crippen molar-refractivity contribution in [3.05, 3.63) is 41.0 Å². The average molecular weight is 300 g/mol. The molecule has 2 heterocycles. The standard InChI is InChI=1S/C15H16N4OS/c1-10-3-4-13-12(9-10)5-7-19(13)8-6-14(20)16-15-18-17-11(2)21-15/h3-5,7,9H,6,8H2,1-2H3,(H,16,18,20). The maximum atomic E-state index is 11.9. The fraction of sp³-hybridized carbons (Fsp3) is 0.267. The van der Waals surface area contributed by atoms with Gasteiger partial charge in [0.2, 0.25) is 11.0 Å². The van der Waals surface area contributed by atoms with Gasteiger partial charge in [0.05, 0.1) is 0 Å². The highest BCUT2D eigenvalue weighted by Crippen LogP contribution is 2.18. The Kier molecular flexibility index (Phi) is 3.70. The van der Waals surface area contributed by atoms with E-state index < -0.39 is 0 Å². The van der Waals surface area contributed by atoms with Crippen LogP contribution in [0.15, 0.2) is 30.5 Å². The third-order valence-electron chi connectivity index (χ3n) is 3.28. The van der Waals surface area contributed by atoms with E-state index in [-0.39, 0.29) is 5.91 Å². The molecular weight excluding hydrogens is 284 g/mol. The van der Waals surface area contributed by atoms with Gasteiger partial charge < -0.3 is 9.88 Å². The van der Waals surface area contributed by atoms with Crippen LogP contribution in [0.2, 0.25) is 0 Å². The van der Waals surface area contributed by atoms with Crippen molar-refractivity contribution < 1.29 is 4.79 Å². The summed E-state index contributed by atoms with van der Waals surface area (Å²) in [6.07, 6.45) is 2.43. The quantitative estimate of drug-likeness (QED) is 0.805. The third kappa shape index (κ3) is 3.11. The second kappa shape index (κ2) is 5.65. The zero-order valence-corrected chi connectivity index (χ0v) is 12.8. The number of amides is 1. The van der Waals surface area contributed by atoms with Gasteiger partial charge in [-0.2, -0.15) is 0 Å². The molecular formula is C15H16N4OS. The van der Waals surface area contributed by atoms with E-state index in [1.807, 2.05) is 13.1 Å². The van der Waals surface area contributed by atoms with Gasteiger partial charge >= 0.3 is 0 Å². The molecule has 6 heteroatoms. The number of anilines is 1. The first kappa shape index (κ1) is 13.8. The Morgan fingerprint density at radius 3 is 2.90 bits per heavy atom. The van der Waals surface area contributed by atoms with Crippen molar-refractivity contribution in [1.82, 2.24) is 14.8 Å². The molecule has 0 aliphatic rings. The number of aromatic nitrogens is 3. The summed E-state index contributed by atoms with van der Waals surface area (Å²) in [6.45, 7) is 4.59. The summed E-state index contributed by atoms with van der Waals surface area (Å²) in [5.41, 5.74) is 2.39. The zero-order valence-electron chi connectivity index (χ0n) is 12.0. The number of aryl methyl sites for hydroxylation is 3. The van der Waals surface area contributed by atoms with Gasteiger partial charge in [-0.25, -0.2) is 0 Å². The molecule has 0 saturated carbocycles. The molecule has 0 unspecified atom stereocenters. The van der Waals surface area contributed by atoms with Crippen LogP contribution in [0.25, 0.3) is 10.9 Å². The molecule has 1 N–H and O–H groups in total. The number of nitrogens with zero attached hydrogens (tertiary/aromatic N) is 3. The minimum atomic E-state index is -0.0416. The molecule has 21 heavy (non-hydrogen) atoms. The molecule has 3 rings (SSSR count). The number of carbonyl (C=O) groups excluding carboxylic acids is 1. The first-order valence-corrected chi connectivity index (χ1v) is 7.59. The largest absolute Gasteiger partial charge is 0.347 e. The third-order valence-corrected chi connectivity index (χ3v) is 4.03. The number of hydrogen-bond acceptors (Lipinski definition) is 4. The van der Waals surface area contributed by atoms with Gasteiger partial charge in [0.15, 0.2) is 0 Å². The number of nitrogens with one attached hydrogen (secondary N) is 1. The lowest BCUT2D eigenvalue weighted by Crippen LogP contribution is -2.14. The predicted octanol–water partition coefficient (Wildman–Crippen LogP) is 3.14. The van der Waals surface area contributed by atoms with Gasteiger partial charge in [-0.15, -0.1) is 10.2 Å². The van der Waals surface area contributed by atoms with Crippen molar-refractivity contribution in [2.75, 3.05) is 5.32 Å². The molecule has 0 aliphatic carbocycles. The van der Waals surface area contributed by atoms with Crippen molar-refractivity contribution in [3.63, 3.8) is 0 Å². The average Bonchev–Trinajstić information content (AvgIpc) is 3.02. The van der Waals surface area contributed by atoms with E-state index >= 15 is 0 Å². The second-order valence-electron chi connectivity index (χ2n) is 5.00. The fourth-order valence-electron chi connectivity index (χ4n) is 2.27. The van der Waals surface area contributed by atoms with Gasteiger partial charge in [-0.05, 0) is 37.4 Å². The van der Waals surface area contributed by atoms with Gasteiger partial charge in [0.25, 0.3) is 0 Å². The Labute approximate surface area is 126 Å². The maximum absolute atomic E-state index is 11.9. The van der Waals surface area contributed by atoms with E-state index in [1.165, 1.54) is 22.3 Å². The van der Waals surface area contributed by atoms with Crippen LogP contribution in [-0.2, 0) is 11.3 Å². The summed E-state index contributed by atoms with van der Waals surface area (Å²) in [5.74, 6) is -0.0416. The Balaban J connectivity index is 1.64. The van der Waals surface area contributed by atoms with Crippen LogP contribution in [0.4, 0.5) is 5.13 Å². The number of hydrogen-bond donors (Lipinski definition) is 1. The molecule has 1 amide bonds. The molecule has 108 valence electrons. The van der Waals surface area contributed by atoms with Crippen LogP contribution >= 0.6 is 11.3 Å². The monoisotopic (exact) mass is 300 g/mol. The van der Waals surface area contributed by atoms with Gasteiger partial charge in [0.1, 0.15) is 5.01 Å². The number of carbonyl (C=O) groups is 1. The molecule has 0 atom stereocenters. The van der Waals surface area contributed by atoms with Gasteiger partial charge in [-0.3, -0.25) is 4.79 Å². The molecule has 0 aliphatic heterocycles. The first-order chi connectivity index (χ1) is 10.1. The van der Waals surface area contributed by atoms with Crippen LogP contribution in [0.1, 0.15) is 17.0 Å². The summed E-state index contributed by atoms with van der Waals surface area (Å²) in [6, 6.07) is 8.41. The normalized spacial score (nSPS) is 11.0. The van der Waals surface area contributed by atoms with E-state index in [0.29, 0.717) is 18.1 Å². The van der Waals surface area contributed by atoms with Crippen molar-refractivity contribution in [3.8, 4) is 0 Å². The summed E-state index contributed by atoms with van der Waals surface area (Å²) >= 11 is 1.38. The van der Waals surface area contributed by atoms with Crippen LogP contribution in [0.3, 0.4) is 0 Å². The van der Waals surface area contributed by atoms with E-state index in [0.717, 1.165) is 10.5 Å². The number of benzene rings is 1. The Hall–Kier alpha value is -2.21. The predicted molar refractivity (Wildman–Crippen MR) is 84.6 cm³/mol. The highest BCUT2D eigenvalue weighted by Gasteiger charge is 2.08. The van der Waals surface area contributed by atoms with E-state index in [4.69, 9.17) is 0 Å². The molecule has 0 bridgehead atoms. The van der Waals surface area contributed by atoms with Crippen LogP contribution in [0, 0.1) is 13.8 Å². The molecule has 1 aromatic carbocycles. The molecule has 0 saturated heterocycles. The lowest BCUT2D eigenvalue weighted by molar-refractivity contribution is -0.116. The zero-order chi connectivity index (χ0) is 14.8. The van der Waals surface area contributed by atoms with E-state index in [9.17, 15) is 4.79 Å². The molecule has 0 spiro atoms. The topological polar surface area (TPSA) is 59.8 Å². The van der Waals surface area contributed by atoms with Crippen LogP contribution < -0.4 is 5.32 Å². The first-order valence-electron chi connectivity index (χ1n) is 6.77. The second-order valence-corrected chi connectivity index (χ2v) is 6.18. The van der Waals surface area contributed by atoms with Crippen molar-refractivity contribution in [2.24, 2.45) is 0 Å². The lowest BCUT2D eigenvalue weighted by atomic mass is 10.2. The minimum absolute atomic E-state index is 0.0416. The number of rotatable bonds is 4. The van der Waals surface area contributed by atoms with Gasteiger partial charge in [0, 0.05) is 24.7 Å². The number of fused-ring (bicyclic) bond motifs is 1. The van der Waals surface area contributed by atoms with Crippen molar-refractivity contribution >= 4 is 33.3 Å². The molecule has 0 fully saturated rings. The maximum Gasteiger partial charge on any atom is 0.227 e. The van der Waals surface area contributed by atoms with E-state index in [1.54, 1.807) is 0 Å². The summed E-state index contributed by atoms with van der Waals surface area (Å²) < 4.78 is 2.10.